The Morgan fingerprint density at radius 3 is 2.57 bits per heavy atom. The van der Waals surface area contributed by atoms with Crippen molar-refractivity contribution < 1.29 is 10.2 Å². The van der Waals surface area contributed by atoms with E-state index in [1.54, 1.807) is 0 Å². The molecule has 2 N–H and O–H groups in total. The Morgan fingerprint density at radius 1 is 1.21 bits per heavy atom. The van der Waals surface area contributed by atoms with E-state index in [2.05, 4.69) is 0 Å². The van der Waals surface area contributed by atoms with Gasteiger partial charge < -0.3 is 10.2 Å². The average molecular weight is 192 g/mol. The lowest BCUT2D eigenvalue weighted by Gasteiger charge is -2.40. The Labute approximate surface area is 84.2 Å². The molecule has 0 unspecified atom stereocenters. The third kappa shape index (κ3) is 1.26. The van der Waals surface area contributed by atoms with Crippen molar-refractivity contribution in [1.82, 2.24) is 0 Å². The van der Waals surface area contributed by atoms with Crippen LogP contribution in [0.1, 0.15) is 31.1 Å². The number of rotatable bonds is 0. The van der Waals surface area contributed by atoms with Crippen LogP contribution in [0.25, 0.3) is 0 Å². The predicted octanol–water partition coefficient (Wildman–Crippen LogP) is 1.66. The fourth-order valence-corrected chi connectivity index (χ4v) is 2.04. The van der Waals surface area contributed by atoms with Gasteiger partial charge >= 0.3 is 0 Å². The Morgan fingerprint density at radius 2 is 1.86 bits per heavy atom. The number of aliphatic hydroxyl groups is 2. The summed E-state index contributed by atoms with van der Waals surface area (Å²) in [6.45, 7) is 3.80. The molecular formula is C12H16O2. The van der Waals surface area contributed by atoms with Crippen molar-refractivity contribution in [2.75, 3.05) is 0 Å². The summed E-state index contributed by atoms with van der Waals surface area (Å²) < 4.78 is 0. The summed E-state index contributed by atoms with van der Waals surface area (Å²) in [6.07, 6.45) is -0.393. The van der Waals surface area contributed by atoms with Gasteiger partial charge in [-0.3, -0.25) is 0 Å². The highest BCUT2D eigenvalue weighted by atomic mass is 16.3. The topological polar surface area (TPSA) is 40.5 Å². The van der Waals surface area contributed by atoms with Gasteiger partial charge in [0.1, 0.15) is 0 Å². The van der Waals surface area contributed by atoms with Gasteiger partial charge in [0.25, 0.3) is 0 Å². The number of benzene rings is 1. The van der Waals surface area contributed by atoms with E-state index in [1.807, 2.05) is 38.1 Å². The number of fused-ring (bicyclic) bond motifs is 1. The lowest BCUT2D eigenvalue weighted by Crippen LogP contribution is -2.41. The summed E-state index contributed by atoms with van der Waals surface area (Å²) >= 11 is 0. The predicted molar refractivity (Wildman–Crippen MR) is 54.9 cm³/mol. The molecule has 0 aliphatic heterocycles. The van der Waals surface area contributed by atoms with E-state index in [0.717, 1.165) is 11.1 Å². The average Bonchev–Trinajstić information content (AvgIpc) is 2.15. The van der Waals surface area contributed by atoms with Crippen molar-refractivity contribution in [2.24, 2.45) is 5.41 Å². The molecule has 0 saturated heterocycles. The highest BCUT2D eigenvalue weighted by Gasteiger charge is 2.41. The van der Waals surface area contributed by atoms with Crippen LogP contribution < -0.4 is 0 Å². The van der Waals surface area contributed by atoms with Crippen molar-refractivity contribution in [2.45, 2.75) is 32.5 Å². The van der Waals surface area contributed by atoms with Crippen LogP contribution in [0.3, 0.4) is 0 Å². The smallest absolute Gasteiger partial charge is 0.0868 e. The molecule has 0 fully saturated rings. The van der Waals surface area contributed by atoms with Crippen molar-refractivity contribution in [3.05, 3.63) is 35.4 Å². The molecule has 14 heavy (non-hydrogen) atoms. The fraction of sp³-hybridized carbons (Fsp3) is 0.500. The third-order valence-corrected chi connectivity index (χ3v) is 3.33. The molecule has 1 aliphatic carbocycles. The van der Waals surface area contributed by atoms with Gasteiger partial charge in [0, 0.05) is 5.41 Å². The first kappa shape index (κ1) is 9.69. The SMILES string of the molecule is CC1(C)[C@H](O)Cc2ccccc2[C@@H]1O. The Bertz CT molecular complexity index is 344. The van der Waals surface area contributed by atoms with E-state index >= 15 is 0 Å². The van der Waals surface area contributed by atoms with Crippen LogP contribution in [0, 0.1) is 5.41 Å². The first-order chi connectivity index (χ1) is 6.53. The van der Waals surface area contributed by atoms with Crippen molar-refractivity contribution in [3.8, 4) is 0 Å². The zero-order chi connectivity index (χ0) is 10.3. The molecule has 2 rings (SSSR count). The van der Waals surface area contributed by atoms with Gasteiger partial charge in [0.15, 0.2) is 0 Å². The van der Waals surface area contributed by atoms with Crippen LogP contribution in [-0.4, -0.2) is 16.3 Å². The maximum atomic E-state index is 10.1. The first-order valence-corrected chi connectivity index (χ1v) is 4.97. The molecular weight excluding hydrogens is 176 g/mol. The van der Waals surface area contributed by atoms with E-state index in [1.165, 1.54) is 0 Å². The summed E-state index contributed by atoms with van der Waals surface area (Å²) in [5, 5.41) is 20.0. The van der Waals surface area contributed by atoms with Gasteiger partial charge in [0.05, 0.1) is 12.2 Å². The molecule has 0 bridgehead atoms. The van der Waals surface area contributed by atoms with Crippen molar-refractivity contribution in [3.63, 3.8) is 0 Å². The summed E-state index contributed by atoms with van der Waals surface area (Å²) in [4.78, 5) is 0. The van der Waals surface area contributed by atoms with Crippen LogP contribution in [0.15, 0.2) is 24.3 Å². The minimum Gasteiger partial charge on any atom is -0.392 e. The van der Waals surface area contributed by atoms with Gasteiger partial charge in [-0.15, -0.1) is 0 Å². The molecule has 1 aliphatic rings. The minimum atomic E-state index is -0.567. The fourth-order valence-electron chi connectivity index (χ4n) is 2.04. The lowest BCUT2D eigenvalue weighted by atomic mass is 9.70. The van der Waals surface area contributed by atoms with E-state index in [-0.39, 0.29) is 0 Å². The molecule has 2 atom stereocenters. The molecule has 2 heteroatoms. The quantitative estimate of drug-likeness (QED) is 0.656. The second-order valence-electron chi connectivity index (χ2n) is 4.64. The number of hydrogen-bond donors (Lipinski definition) is 2. The summed E-state index contributed by atoms with van der Waals surface area (Å²) in [7, 11) is 0. The van der Waals surface area contributed by atoms with E-state index in [4.69, 9.17) is 0 Å². The van der Waals surface area contributed by atoms with Gasteiger partial charge in [-0.2, -0.15) is 0 Å². The normalized spacial score (nSPS) is 29.7. The van der Waals surface area contributed by atoms with Crippen LogP contribution in [0.4, 0.5) is 0 Å². The molecule has 1 aromatic carbocycles. The maximum absolute atomic E-state index is 10.1. The highest BCUT2D eigenvalue weighted by molar-refractivity contribution is 5.34. The molecule has 0 spiro atoms. The molecule has 1 aromatic rings. The highest BCUT2D eigenvalue weighted by Crippen LogP contribution is 2.43. The van der Waals surface area contributed by atoms with Gasteiger partial charge in [-0.25, -0.2) is 0 Å². The van der Waals surface area contributed by atoms with Gasteiger partial charge in [-0.05, 0) is 17.5 Å². The van der Waals surface area contributed by atoms with Crippen molar-refractivity contribution >= 4 is 0 Å². The Hall–Kier alpha value is -0.860. The largest absolute Gasteiger partial charge is 0.392 e. The van der Waals surface area contributed by atoms with Crippen molar-refractivity contribution in [1.29, 1.82) is 0 Å². The van der Waals surface area contributed by atoms with Gasteiger partial charge in [-0.1, -0.05) is 38.1 Å². The van der Waals surface area contributed by atoms with E-state index < -0.39 is 17.6 Å². The number of hydrogen-bond acceptors (Lipinski definition) is 2. The van der Waals surface area contributed by atoms with Crippen LogP contribution in [0.5, 0.6) is 0 Å². The zero-order valence-electron chi connectivity index (χ0n) is 8.57. The second-order valence-corrected chi connectivity index (χ2v) is 4.64. The zero-order valence-corrected chi connectivity index (χ0v) is 8.57. The molecule has 0 radical (unpaired) electrons. The van der Waals surface area contributed by atoms with Crippen LogP contribution in [-0.2, 0) is 6.42 Å². The third-order valence-electron chi connectivity index (χ3n) is 3.33. The van der Waals surface area contributed by atoms with E-state index in [0.29, 0.717) is 6.42 Å². The molecule has 0 amide bonds. The van der Waals surface area contributed by atoms with Gasteiger partial charge in [0.2, 0.25) is 0 Å². The molecule has 0 saturated carbocycles. The Kier molecular flexibility index (Phi) is 2.13. The minimum absolute atomic E-state index is 0.450. The Balaban J connectivity index is 2.49. The number of aliphatic hydroxyl groups excluding tert-OH is 2. The van der Waals surface area contributed by atoms with E-state index in [9.17, 15) is 10.2 Å². The molecule has 2 nitrogen and oxygen atoms in total. The molecule has 76 valence electrons. The second kappa shape index (κ2) is 3.07. The monoisotopic (exact) mass is 192 g/mol. The first-order valence-electron chi connectivity index (χ1n) is 4.97. The molecule has 0 aromatic heterocycles. The molecule has 0 heterocycles. The standard InChI is InChI=1S/C12H16O2/c1-12(2)10(13)7-8-5-3-4-6-9(8)11(12)14/h3-6,10-11,13-14H,7H2,1-2H3/t10-,11+/m1/s1. The summed E-state index contributed by atoms with van der Waals surface area (Å²) in [5.74, 6) is 0. The summed E-state index contributed by atoms with van der Waals surface area (Å²) in [5.41, 5.74) is 1.57. The lowest BCUT2D eigenvalue weighted by molar-refractivity contribution is -0.0591. The maximum Gasteiger partial charge on any atom is 0.0868 e. The summed E-state index contributed by atoms with van der Waals surface area (Å²) in [6, 6.07) is 7.77. The van der Waals surface area contributed by atoms with Crippen LogP contribution >= 0.6 is 0 Å². The van der Waals surface area contributed by atoms with Crippen LogP contribution in [0.2, 0.25) is 0 Å².